The molecule has 0 bridgehead atoms. The van der Waals surface area contributed by atoms with Crippen molar-refractivity contribution in [3.8, 4) is 5.75 Å². The van der Waals surface area contributed by atoms with Crippen LogP contribution in [-0.4, -0.2) is 40.3 Å². The minimum atomic E-state index is -3.39. The molecule has 28 heavy (non-hydrogen) atoms. The SMILES string of the molecule is COc1ccc(CCNC(=O)c2ccc(Cl)c(N3CCCCS3(=O)=O)c2)cc1. The zero-order chi connectivity index (χ0) is 20.1. The number of rotatable bonds is 6. The number of hydrogen-bond acceptors (Lipinski definition) is 4. The monoisotopic (exact) mass is 422 g/mol. The zero-order valence-corrected chi connectivity index (χ0v) is 17.2. The van der Waals surface area contributed by atoms with Gasteiger partial charge in [0.1, 0.15) is 5.75 Å². The number of anilines is 1. The van der Waals surface area contributed by atoms with Crippen molar-refractivity contribution in [1.29, 1.82) is 0 Å². The van der Waals surface area contributed by atoms with Crippen LogP contribution in [0.15, 0.2) is 42.5 Å². The Morgan fingerprint density at radius 3 is 2.61 bits per heavy atom. The summed E-state index contributed by atoms with van der Waals surface area (Å²) in [6.45, 7) is 0.843. The van der Waals surface area contributed by atoms with Crippen LogP contribution in [0.25, 0.3) is 0 Å². The van der Waals surface area contributed by atoms with E-state index in [4.69, 9.17) is 16.3 Å². The number of halogens is 1. The van der Waals surface area contributed by atoms with Crippen LogP contribution in [0.4, 0.5) is 5.69 Å². The molecule has 6 nitrogen and oxygen atoms in total. The van der Waals surface area contributed by atoms with Crippen molar-refractivity contribution >= 4 is 33.2 Å². The van der Waals surface area contributed by atoms with Crippen LogP contribution in [0.1, 0.15) is 28.8 Å². The average Bonchev–Trinajstić information content (AvgIpc) is 2.69. The van der Waals surface area contributed by atoms with Gasteiger partial charge in [-0.2, -0.15) is 0 Å². The molecule has 1 heterocycles. The maximum atomic E-state index is 12.5. The summed E-state index contributed by atoms with van der Waals surface area (Å²) in [5.74, 6) is 0.622. The van der Waals surface area contributed by atoms with Gasteiger partial charge in [0.05, 0.1) is 23.6 Å². The van der Waals surface area contributed by atoms with Crippen LogP contribution in [0.3, 0.4) is 0 Å². The highest BCUT2D eigenvalue weighted by atomic mass is 35.5. The molecule has 1 aliphatic rings. The molecule has 1 amide bonds. The number of benzene rings is 2. The molecule has 1 aliphatic heterocycles. The zero-order valence-electron chi connectivity index (χ0n) is 15.7. The molecule has 1 N–H and O–H groups in total. The molecule has 0 saturated carbocycles. The number of sulfonamides is 1. The molecule has 2 aromatic rings. The van der Waals surface area contributed by atoms with Crippen molar-refractivity contribution in [2.75, 3.05) is 30.3 Å². The predicted octanol–water partition coefficient (Wildman–Crippen LogP) is 3.25. The smallest absolute Gasteiger partial charge is 0.251 e. The molecule has 0 radical (unpaired) electrons. The lowest BCUT2D eigenvalue weighted by Crippen LogP contribution is -2.38. The second-order valence-corrected chi connectivity index (χ2v) is 9.04. The maximum absolute atomic E-state index is 12.5. The van der Waals surface area contributed by atoms with Gasteiger partial charge in [0, 0.05) is 18.7 Å². The summed E-state index contributed by atoms with van der Waals surface area (Å²) in [6.07, 6.45) is 2.09. The first-order valence-electron chi connectivity index (χ1n) is 9.12. The minimum Gasteiger partial charge on any atom is -0.497 e. The van der Waals surface area contributed by atoms with E-state index in [0.717, 1.165) is 17.7 Å². The largest absolute Gasteiger partial charge is 0.497 e. The molecule has 150 valence electrons. The van der Waals surface area contributed by atoms with Gasteiger partial charge in [0.15, 0.2) is 0 Å². The second kappa shape index (κ2) is 8.84. The fraction of sp³-hybridized carbons (Fsp3) is 0.350. The summed E-state index contributed by atoms with van der Waals surface area (Å²) in [5.41, 5.74) is 1.83. The van der Waals surface area contributed by atoms with E-state index in [1.807, 2.05) is 24.3 Å². The molecular formula is C20H23ClN2O4S. The Labute approximate surface area is 170 Å². The number of amides is 1. The number of carbonyl (C=O) groups excluding carboxylic acids is 1. The van der Waals surface area contributed by atoms with Crippen molar-refractivity contribution in [2.24, 2.45) is 0 Å². The molecule has 0 spiro atoms. The minimum absolute atomic E-state index is 0.0988. The Balaban J connectivity index is 1.66. The van der Waals surface area contributed by atoms with E-state index >= 15 is 0 Å². The molecule has 1 saturated heterocycles. The number of hydrogen-bond donors (Lipinski definition) is 1. The topological polar surface area (TPSA) is 75.7 Å². The van der Waals surface area contributed by atoms with E-state index in [9.17, 15) is 13.2 Å². The van der Waals surface area contributed by atoms with Crippen LogP contribution in [0.5, 0.6) is 5.75 Å². The quantitative estimate of drug-likeness (QED) is 0.775. The van der Waals surface area contributed by atoms with Gasteiger partial charge >= 0.3 is 0 Å². The number of nitrogens with zero attached hydrogens (tertiary/aromatic N) is 1. The van der Waals surface area contributed by atoms with Gasteiger partial charge in [-0.25, -0.2) is 8.42 Å². The summed E-state index contributed by atoms with van der Waals surface area (Å²) < 4.78 is 31.1. The Kier molecular flexibility index (Phi) is 6.46. The maximum Gasteiger partial charge on any atom is 0.251 e. The second-order valence-electron chi connectivity index (χ2n) is 6.62. The molecule has 2 aromatic carbocycles. The molecule has 0 aromatic heterocycles. The molecule has 1 fully saturated rings. The highest BCUT2D eigenvalue weighted by Crippen LogP contribution is 2.31. The molecule has 3 rings (SSSR count). The Morgan fingerprint density at radius 1 is 1.18 bits per heavy atom. The Hall–Kier alpha value is -2.25. The third-order valence-electron chi connectivity index (χ3n) is 4.68. The lowest BCUT2D eigenvalue weighted by molar-refractivity contribution is 0.0954. The first kappa shape index (κ1) is 20.5. The highest BCUT2D eigenvalue weighted by Gasteiger charge is 2.28. The van der Waals surface area contributed by atoms with Crippen molar-refractivity contribution in [3.05, 3.63) is 58.6 Å². The van der Waals surface area contributed by atoms with Crippen LogP contribution in [-0.2, 0) is 16.4 Å². The number of methoxy groups -OCH3 is 1. The fourth-order valence-electron chi connectivity index (χ4n) is 3.12. The third-order valence-corrected chi connectivity index (χ3v) is 6.86. The van der Waals surface area contributed by atoms with Crippen molar-refractivity contribution in [1.82, 2.24) is 5.32 Å². The standard InChI is InChI=1S/C20H23ClN2O4S/c1-27-17-7-4-15(5-8-17)10-11-22-20(24)16-6-9-18(21)19(14-16)23-12-2-3-13-28(23,25)26/h4-9,14H,2-3,10-13H2,1H3,(H,22,24). The number of nitrogens with one attached hydrogen (secondary N) is 1. The fourth-order valence-corrected chi connectivity index (χ4v) is 5.04. The van der Waals surface area contributed by atoms with E-state index in [2.05, 4.69) is 5.32 Å². The summed E-state index contributed by atoms with van der Waals surface area (Å²) in [6, 6.07) is 12.4. The van der Waals surface area contributed by atoms with Gasteiger partial charge in [0.25, 0.3) is 5.91 Å². The van der Waals surface area contributed by atoms with Crippen molar-refractivity contribution < 1.29 is 17.9 Å². The van der Waals surface area contributed by atoms with Crippen LogP contribution in [0, 0.1) is 0 Å². The molecule has 8 heteroatoms. The first-order valence-corrected chi connectivity index (χ1v) is 11.1. The van der Waals surface area contributed by atoms with E-state index in [1.54, 1.807) is 25.3 Å². The number of carbonyl (C=O) groups is 1. The van der Waals surface area contributed by atoms with Gasteiger partial charge in [0.2, 0.25) is 10.0 Å². The summed E-state index contributed by atoms with van der Waals surface area (Å²) >= 11 is 6.22. The lowest BCUT2D eigenvalue weighted by atomic mass is 10.1. The normalized spacial score (nSPS) is 15.9. The van der Waals surface area contributed by atoms with Gasteiger partial charge in [-0.1, -0.05) is 23.7 Å². The van der Waals surface area contributed by atoms with Gasteiger partial charge < -0.3 is 10.1 Å². The summed E-state index contributed by atoms with van der Waals surface area (Å²) in [7, 11) is -1.78. The summed E-state index contributed by atoms with van der Waals surface area (Å²) in [5, 5.41) is 3.18. The Bertz CT molecular complexity index is 945. The van der Waals surface area contributed by atoms with E-state index in [-0.39, 0.29) is 11.7 Å². The van der Waals surface area contributed by atoms with E-state index < -0.39 is 10.0 Å². The summed E-state index contributed by atoms with van der Waals surface area (Å²) in [4.78, 5) is 12.5. The van der Waals surface area contributed by atoms with Gasteiger partial charge in [-0.3, -0.25) is 9.10 Å². The van der Waals surface area contributed by atoms with Gasteiger partial charge in [-0.05, 0) is 55.2 Å². The van der Waals surface area contributed by atoms with Crippen molar-refractivity contribution in [2.45, 2.75) is 19.3 Å². The lowest BCUT2D eigenvalue weighted by Gasteiger charge is -2.29. The third kappa shape index (κ3) is 4.77. The number of ether oxygens (including phenoxy) is 1. The van der Waals surface area contributed by atoms with Crippen molar-refractivity contribution in [3.63, 3.8) is 0 Å². The van der Waals surface area contributed by atoms with Crippen LogP contribution in [0.2, 0.25) is 5.02 Å². The molecular weight excluding hydrogens is 400 g/mol. The molecule has 0 unspecified atom stereocenters. The van der Waals surface area contributed by atoms with Crippen LogP contribution >= 0.6 is 11.6 Å². The first-order chi connectivity index (χ1) is 13.4. The average molecular weight is 423 g/mol. The highest BCUT2D eigenvalue weighted by molar-refractivity contribution is 7.92. The van der Waals surface area contributed by atoms with E-state index in [1.165, 1.54) is 4.31 Å². The van der Waals surface area contributed by atoms with Crippen LogP contribution < -0.4 is 14.4 Å². The molecule has 0 atom stereocenters. The van der Waals surface area contributed by atoms with Gasteiger partial charge in [-0.15, -0.1) is 0 Å². The van der Waals surface area contributed by atoms with E-state index in [0.29, 0.717) is 42.2 Å². The molecule has 0 aliphatic carbocycles. The Morgan fingerprint density at radius 2 is 1.93 bits per heavy atom. The predicted molar refractivity (Wildman–Crippen MR) is 111 cm³/mol.